The number of primary amides is 1. The Labute approximate surface area is 47.9 Å². The summed E-state index contributed by atoms with van der Waals surface area (Å²) in [5, 5.41) is 15.2. The van der Waals surface area contributed by atoms with Gasteiger partial charge in [0.2, 0.25) is 5.91 Å². The number of aliphatic hydroxyl groups excluding tert-OH is 1. The van der Waals surface area contributed by atoms with Crippen LogP contribution in [0.4, 0.5) is 0 Å². The average molecular weight is 121 g/mol. The van der Waals surface area contributed by atoms with E-state index in [9.17, 15) is 4.79 Å². The summed E-state index contributed by atoms with van der Waals surface area (Å²) < 4.78 is 0. The molecule has 0 spiro atoms. The zero-order valence-corrected chi connectivity index (χ0v) is 4.96. The molecule has 0 radical (unpaired) electrons. The monoisotopic (exact) mass is 121 g/mol. The van der Waals surface area contributed by atoms with Crippen molar-refractivity contribution in [1.29, 1.82) is 0 Å². The van der Waals surface area contributed by atoms with Gasteiger partial charge in [0.25, 0.3) is 0 Å². The number of hydrogen-bond acceptors (Lipinski definition) is 3. The van der Waals surface area contributed by atoms with Gasteiger partial charge in [0.05, 0.1) is 0 Å². The molecule has 0 aliphatic rings. The molecule has 0 rings (SSSR count). The molecule has 0 aliphatic carbocycles. The van der Waals surface area contributed by atoms with Crippen LogP contribution in [0.25, 0.3) is 0 Å². The molecule has 4 N–H and O–H groups in total. The highest BCUT2D eigenvalue weighted by atomic mass is 16.5. The first-order chi connectivity index (χ1) is 3.46. The fourth-order valence-corrected chi connectivity index (χ4v) is 0. The van der Waals surface area contributed by atoms with Crippen LogP contribution in [0.1, 0.15) is 13.8 Å². The van der Waals surface area contributed by atoms with Crippen LogP contribution in [0.5, 0.6) is 0 Å². The molecule has 4 heteroatoms. The summed E-state index contributed by atoms with van der Waals surface area (Å²) in [6.07, 6.45) is -1.17. The molecule has 0 aromatic heterocycles. The van der Waals surface area contributed by atoms with E-state index in [0.717, 1.165) is 0 Å². The van der Waals surface area contributed by atoms with Crippen molar-refractivity contribution < 1.29 is 15.0 Å². The van der Waals surface area contributed by atoms with Crippen LogP contribution < -0.4 is 5.73 Å². The first kappa shape index (κ1) is 10.4. The van der Waals surface area contributed by atoms with E-state index in [0.29, 0.717) is 0 Å². The van der Waals surface area contributed by atoms with Crippen molar-refractivity contribution in [2.24, 2.45) is 5.73 Å². The van der Waals surface area contributed by atoms with Crippen LogP contribution in [0.3, 0.4) is 0 Å². The summed E-state index contributed by atoms with van der Waals surface area (Å²) >= 11 is 0. The lowest BCUT2D eigenvalue weighted by atomic mass is 10.8. The highest BCUT2D eigenvalue weighted by Gasteiger charge is 1.70. The van der Waals surface area contributed by atoms with Gasteiger partial charge in [0.1, 0.15) is 6.29 Å². The lowest BCUT2D eigenvalue weighted by Gasteiger charge is -1.80. The zero-order valence-electron chi connectivity index (χ0n) is 4.96. The quantitative estimate of drug-likeness (QED) is 0.352. The normalized spacial score (nSPS) is 7.62. The maximum absolute atomic E-state index is 9.22. The zero-order chi connectivity index (χ0) is 7.15. The van der Waals surface area contributed by atoms with E-state index in [-0.39, 0.29) is 5.91 Å². The third kappa shape index (κ3) is 279. The molecule has 0 aromatic rings. The number of hydrogen-bond donors (Lipinski definition) is 3. The van der Waals surface area contributed by atoms with Crippen molar-refractivity contribution in [3.05, 3.63) is 0 Å². The number of carbonyl (C=O) groups is 1. The van der Waals surface area contributed by atoms with Crippen molar-refractivity contribution in [3.8, 4) is 0 Å². The minimum absolute atomic E-state index is 0.333. The predicted octanol–water partition coefficient (Wildman–Crippen LogP) is -1.19. The van der Waals surface area contributed by atoms with Crippen molar-refractivity contribution in [1.82, 2.24) is 0 Å². The molecule has 4 nitrogen and oxygen atoms in total. The van der Waals surface area contributed by atoms with Crippen LogP contribution in [0.2, 0.25) is 0 Å². The second-order valence-electron chi connectivity index (χ2n) is 1.24. The van der Waals surface area contributed by atoms with Crippen LogP contribution in [0, 0.1) is 0 Å². The third-order valence-electron chi connectivity index (χ3n) is 0. The molecular formula is C4H11NO3. The molecule has 8 heavy (non-hydrogen) atoms. The first-order valence-electron chi connectivity index (χ1n) is 2.09. The van der Waals surface area contributed by atoms with Gasteiger partial charge in [0.15, 0.2) is 0 Å². The number of nitrogens with two attached hydrogens (primary N) is 1. The van der Waals surface area contributed by atoms with Gasteiger partial charge in [-0.2, -0.15) is 0 Å². The summed E-state index contributed by atoms with van der Waals surface area (Å²) in [5.74, 6) is -0.333. The molecule has 0 fully saturated rings. The van der Waals surface area contributed by atoms with Crippen molar-refractivity contribution in [2.45, 2.75) is 20.1 Å². The van der Waals surface area contributed by atoms with E-state index in [1.165, 1.54) is 13.8 Å². The topological polar surface area (TPSA) is 83.6 Å². The summed E-state index contributed by atoms with van der Waals surface area (Å²) in [7, 11) is 0. The van der Waals surface area contributed by atoms with Gasteiger partial charge < -0.3 is 15.9 Å². The van der Waals surface area contributed by atoms with Crippen molar-refractivity contribution in [3.63, 3.8) is 0 Å². The minimum atomic E-state index is -1.17. The lowest BCUT2D eigenvalue weighted by molar-refractivity contribution is -0.115. The van der Waals surface area contributed by atoms with Gasteiger partial charge in [-0.25, -0.2) is 0 Å². The Hall–Kier alpha value is -0.610. The van der Waals surface area contributed by atoms with Crippen LogP contribution >= 0.6 is 0 Å². The van der Waals surface area contributed by atoms with Crippen LogP contribution in [0.15, 0.2) is 0 Å². The van der Waals surface area contributed by atoms with Gasteiger partial charge in [-0.3, -0.25) is 4.79 Å². The van der Waals surface area contributed by atoms with E-state index in [2.05, 4.69) is 5.73 Å². The standard InChI is InChI=1S/C2H5NO.C2H6O2/c2*1-2(3)4/h1H3,(H2,3,4);2-4H,1H3. The second kappa shape index (κ2) is 6.39. The van der Waals surface area contributed by atoms with Gasteiger partial charge >= 0.3 is 0 Å². The first-order valence-corrected chi connectivity index (χ1v) is 2.09. The molecule has 0 unspecified atom stereocenters. The molecule has 0 atom stereocenters. The van der Waals surface area contributed by atoms with Gasteiger partial charge in [-0.1, -0.05) is 0 Å². The van der Waals surface area contributed by atoms with Crippen LogP contribution in [-0.2, 0) is 4.79 Å². The van der Waals surface area contributed by atoms with E-state index in [1.54, 1.807) is 0 Å². The summed E-state index contributed by atoms with van der Waals surface area (Å²) in [5.41, 5.74) is 4.47. The Bertz CT molecular complexity index is 55.5. The van der Waals surface area contributed by atoms with Gasteiger partial charge in [-0.15, -0.1) is 0 Å². The second-order valence-corrected chi connectivity index (χ2v) is 1.24. The molecule has 50 valence electrons. The molecule has 0 saturated heterocycles. The smallest absolute Gasteiger partial charge is 0.214 e. The molecule has 0 bridgehead atoms. The van der Waals surface area contributed by atoms with Gasteiger partial charge in [0, 0.05) is 6.92 Å². The van der Waals surface area contributed by atoms with Crippen molar-refractivity contribution in [2.75, 3.05) is 0 Å². The van der Waals surface area contributed by atoms with Crippen molar-refractivity contribution >= 4 is 5.91 Å². The largest absolute Gasteiger partial charge is 0.370 e. The Morgan fingerprint density at radius 3 is 1.62 bits per heavy atom. The highest BCUT2D eigenvalue weighted by Crippen LogP contribution is 1.57. The molecule has 0 aromatic carbocycles. The summed E-state index contributed by atoms with van der Waals surface area (Å²) in [4.78, 5) is 9.22. The highest BCUT2D eigenvalue weighted by molar-refractivity contribution is 5.70. The Morgan fingerprint density at radius 1 is 1.62 bits per heavy atom. The number of aliphatic hydroxyl groups is 2. The fraction of sp³-hybridized carbons (Fsp3) is 0.750. The van der Waals surface area contributed by atoms with Crippen LogP contribution in [-0.4, -0.2) is 22.4 Å². The number of carbonyl (C=O) groups excluding carboxylic acids is 1. The predicted molar refractivity (Wildman–Crippen MR) is 28.8 cm³/mol. The summed E-state index contributed by atoms with van der Waals surface area (Å²) in [6, 6.07) is 0. The SMILES string of the molecule is CC(N)=O.CC(O)O. The summed E-state index contributed by atoms with van der Waals surface area (Å²) in [6.45, 7) is 2.58. The maximum atomic E-state index is 9.22. The Balaban J connectivity index is 0. The molecule has 0 aliphatic heterocycles. The molecule has 1 amide bonds. The fourth-order valence-electron chi connectivity index (χ4n) is 0. The molecular weight excluding hydrogens is 110 g/mol. The minimum Gasteiger partial charge on any atom is -0.370 e. The third-order valence-corrected chi connectivity index (χ3v) is 0. The number of rotatable bonds is 0. The molecule has 0 saturated carbocycles. The average Bonchev–Trinajstić information content (AvgIpc) is 1.25. The van der Waals surface area contributed by atoms with Gasteiger partial charge in [-0.05, 0) is 6.92 Å². The lowest BCUT2D eigenvalue weighted by Crippen LogP contribution is -2.01. The van der Waals surface area contributed by atoms with E-state index >= 15 is 0 Å². The maximum Gasteiger partial charge on any atom is 0.214 e. The van der Waals surface area contributed by atoms with E-state index < -0.39 is 6.29 Å². The van der Waals surface area contributed by atoms with E-state index in [4.69, 9.17) is 10.2 Å². The molecule has 0 heterocycles. The van der Waals surface area contributed by atoms with E-state index in [1.807, 2.05) is 0 Å². The Kier molecular flexibility index (Phi) is 8.30. The Morgan fingerprint density at radius 2 is 1.62 bits per heavy atom. The number of amides is 1.